The van der Waals surface area contributed by atoms with Crippen molar-refractivity contribution in [3.05, 3.63) is 30.1 Å². The summed E-state index contributed by atoms with van der Waals surface area (Å²) in [4.78, 5) is 4.03. The van der Waals surface area contributed by atoms with Gasteiger partial charge in [-0.2, -0.15) is 0 Å². The van der Waals surface area contributed by atoms with E-state index in [1.807, 2.05) is 18.3 Å². The van der Waals surface area contributed by atoms with Gasteiger partial charge >= 0.3 is 0 Å². The molecule has 0 spiro atoms. The van der Waals surface area contributed by atoms with E-state index in [1.165, 1.54) is 0 Å². The minimum absolute atomic E-state index is 0. The van der Waals surface area contributed by atoms with E-state index in [0.717, 1.165) is 31.4 Å². The summed E-state index contributed by atoms with van der Waals surface area (Å²) in [5.41, 5.74) is 12.5. The summed E-state index contributed by atoms with van der Waals surface area (Å²) in [7, 11) is 0. The van der Waals surface area contributed by atoms with Crippen molar-refractivity contribution >= 4 is 12.4 Å². The molecule has 80 valence electrons. The number of hydrogen-bond acceptors (Lipinski definition) is 3. The van der Waals surface area contributed by atoms with Crippen molar-refractivity contribution in [3.63, 3.8) is 0 Å². The molecule has 0 aromatic carbocycles. The van der Waals surface area contributed by atoms with E-state index in [2.05, 4.69) is 4.98 Å². The monoisotopic (exact) mass is 215 g/mol. The minimum atomic E-state index is 0. The van der Waals surface area contributed by atoms with Gasteiger partial charge in [0.15, 0.2) is 0 Å². The highest BCUT2D eigenvalue weighted by Gasteiger charge is 2.04. The number of nitrogens with zero attached hydrogens (tertiary/aromatic N) is 1. The fourth-order valence-corrected chi connectivity index (χ4v) is 1.27. The number of rotatable bonds is 5. The van der Waals surface area contributed by atoms with Crippen LogP contribution in [-0.2, 0) is 0 Å². The first kappa shape index (κ1) is 13.4. The van der Waals surface area contributed by atoms with E-state index in [4.69, 9.17) is 11.5 Å². The zero-order chi connectivity index (χ0) is 9.52. The van der Waals surface area contributed by atoms with Crippen molar-refractivity contribution in [1.82, 2.24) is 4.98 Å². The molecular formula is C10H18ClN3. The first-order chi connectivity index (χ1) is 6.34. The van der Waals surface area contributed by atoms with E-state index < -0.39 is 0 Å². The Hall–Kier alpha value is -0.640. The molecule has 1 aromatic rings. The van der Waals surface area contributed by atoms with Crippen molar-refractivity contribution in [2.45, 2.75) is 25.3 Å². The molecule has 0 aliphatic carbocycles. The van der Waals surface area contributed by atoms with Crippen molar-refractivity contribution in [2.75, 3.05) is 6.54 Å². The molecule has 0 fully saturated rings. The third-order valence-corrected chi connectivity index (χ3v) is 2.08. The molecule has 4 N–H and O–H groups in total. The molecule has 0 saturated heterocycles. The van der Waals surface area contributed by atoms with Crippen LogP contribution in [0.25, 0.3) is 0 Å². The second-order valence-electron chi connectivity index (χ2n) is 3.18. The summed E-state index contributed by atoms with van der Waals surface area (Å²) in [6, 6.07) is 4.04. The van der Waals surface area contributed by atoms with E-state index in [1.54, 1.807) is 6.20 Å². The number of hydrogen-bond donors (Lipinski definition) is 2. The summed E-state index contributed by atoms with van der Waals surface area (Å²) < 4.78 is 0. The predicted octanol–water partition coefficient (Wildman–Crippen LogP) is 1.63. The Bertz CT molecular complexity index is 228. The van der Waals surface area contributed by atoms with Gasteiger partial charge in [-0.15, -0.1) is 12.4 Å². The van der Waals surface area contributed by atoms with Gasteiger partial charge in [-0.25, -0.2) is 0 Å². The van der Waals surface area contributed by atoms with Gasteiger partial charge in [0, 0.05) is 18.4 Å². The lowest BCUT2D eigenvalue weighted by Crippen LogP contribution is -2.11. The summed E-state index contributed by atoms with van der Waals surface area (Å²) in [5, 5.41) is 0. The molecule has 0 radical (unpaired) electrons. The molecule has 1 rings (SSSR count). The minimum Gasteiger partial charge on any atom is -0.330 e. The summed E-state index contributed by atoms with van der Waals surface area (Å²) in [6.45, 7) is 0.750. The van der Waals surface area contributed by atoms with Crippen molar-refractivity contribution in [1.29, 1.82) is 0 Å². The van der Waals surface area contributed by atoms with Crippen LogP contribution >= 0.6 is 12.4 Å². The van der Waals surface area contributed by atoms with Gasteiger partial charge in [0.05, 0.1) is 0 Å². The zero-order valence-corrected chi connectivity index (χ0v) is 9.04. The topological polar surface area (TPSA) is 64.9 Å². The molecule has 1 heterocycles. The Morgan fingerprint density at radius 1 is 1.36 bits per heavy atom. The molecular weight excluding hydrogens is 198 g/mol. The van der Waals surface area contributed by atoms with Gasteiger partial charge in [0.25, 0.3) is 0 Å². The molecule has 0 saturated carbocycles. The molecule has 0 unspecified atom stereocenters. The van der Waals surface area contributed by atoms with E-state index in [9.17, 15) is 0 Å². The van der Waals surface area contributed by atoms with Crippen LogP contribution in [0.1, 0.15) is 30.9 Å². The van der Waals surface area contributed by atoms with E-state index in [0.29, 0.717) is 0 Å². The average Bonchev–Trinajstić information content (AvgIpc) is 2.19. The van der Waals surface area contributed by atoms with Crippen LogP contribution in [0.2, 0.25) is 0 Å². The van der Waals surface area contributed by atoms with Crippen molar-refractivity contribution in [3.8, 4) is 0 Å². The third-order valence-electron chi connectivity index (χ3n) is 2.08. The first-order valence-corrected chi connectivity index (χ1v) is 4.70. The number of aromatic nitrogens is 1. The molecule has 0 aliphatic rings. The fraction of sp³-hybridized carbons (Fsp3) is 0.500. The van der Waals surface area contributed by atoms with Gasteiger partial charge in [0.2, 0.25) is 0 Å². The van der Waals surface area contributed by atoms with Gasteiger partial charge in [0.1, 0.15) is 0 Å². The highest BCUT2D eigenvalue weighted by molar-refractivity contribution is 5.85. The number of nitrogens with two attached hydrogens (primary N) is 2. The number of pyridine rings is 1. The third kappa shape index (κ3) is 4.56. The maximum Gasteiger partial charge on any atom is 0.0315 e. The van der Waals surface area contributed by atoms with Crippen molar-refractivity contribution < 1.29 is 0 Å². The van der Waals surface area contributed by atoms with Gasteiger partial charge in [-0.3, -0.25) is 4.98 Å². The van der Waals surface area contributed by atoms with Crippen LogP contribution in [0.5, 0.6) is 0 Å². The van der Waals surface area contributed by atoms with Crippen LogP contribution in [0, 0.1) is 0 Å². The fourth-order valence-electron chi connectivity index (χ4n) is 1.27. The Labute approximate surface area is 91.3 Å². The van der Waals surface area contributed by atoms with Gasteiger partial charge < -0.3 is 11.5 Å². The predicted molar refractivity (Wildman–Crippen MR) is 61.3 cm³/mol. The Morgan fingerprint density at radius 3 is 2.71 bits per heavy atom. The number of halogens is 1. The molecule has 3 nitrogen and oxygen atoms in total. The molecule has 4 heteroatoms. The summed E-state index contributed by atoms with van der Waals surface area (Å²) >= 11 is 0. The second kappa shape index (κ2) is 7.74. The lowest BCUT2D eigenvalue weighted by Gasteiger charge is -2.10. The van der Waals surface area contributed by atoms with E-state index >= 15 is 0 Å². The first-order valence-electron chi connectivity index (χ1n) is 4.70. The molecule has 0 amide bonds. The van der Waals surface area contributed by atoms with Crippen LogP contribution in [0.15, 0.2) is 24.5 Å². The highest BCUT2D eigenvalue weighted by atomic mass is 35.5. The van der Waals surface area contributed by atoms with Gasteiger partial charge in [-0.1, -0.05) is 12.5 Å². The average molecular weight is 216 g/mol. The molecule has 0 bridgehead atoms. The molecule has 1 atom stereocenters. The van der Waals surface area contributed by atoms with Crippen molar-refractivity contribution in [2.24, 2.45) is 11.5 Å². The van der Waals surface area contributed by atoms with Crippen LogP contribution in [-0.4, -0.2) is 11.5 Å². The summed E-state index contributed by atoms with van der Waals surface area (Å²) in [5.74, 6) is 0. The lowest BCUT2D eigenvalue weighted by molar-refractivity contribution is 0.589. The smallest absolute Gasteiger partial charge is 0.0315 e. The quantitative estimate of drug-likeness (QED) is 0.734. The highest BCUT2D eigenvalue weighted by Crippen LogP contribution is 2.14. The van der Waals surface area contributed by atoms with Gasteiger partial charge in [-0.05, 0) is 31.0 Å². The standard InChI is InChI=1S/C10H17N3.ClH/c11-6-2-1-5-10(12)9-4-3-7-13-8-9;/h3-4,7-8,10H,1-2,5-6,11-12H2;1H/t10-;/m0./s1. The summed E-state index contributed by atoms with van der Waals surface area (Å²) in [6.07, 6.45) is 6.71. The lowest BCUT2D eigenvalue weighted by atomic mass is 10.0. The Balaban J connectivity index is 0.00000169. The maximum atomic E-state index is 5.95. The zero-order valence-electron chi connectivity index (χ0n) is 8.23. The molecule has 0 aliphatic heterocycles. The normalized spacial score (nSPS) is 11.9. The molecule has 1 aromatic heterocycles. The van der Waals surface area contributed by atoms with Crippen LogP contribution < -0.4 is 11.5 Å². The SMILES string of the molecule is Cl.NCCCC[C@H](N)c1cccnc1. The molecule has 14 heavy (non-hydrogen) atoms. The maximum absolute atomic E-state index is 5.95. The Kier molecular flexibility index (Phi) is 7.38. The Morgan fingerprint density at radius 2 is 2.14 bits per heavy atom. The second-order valence-corrected chi connectivity index (χ2v) is 3.18. The van der Waals surface area contributed by atoms with Crippen LogP contribution in [0.4, 0.5) is 0 Å². The van der Waals surface area contributed by atoms with Crippen LogP contribution in [0.3, 0.4) is 0 Å². The van der Waals surface area contributed by atoms with E-state index in [-0.39, 0.29) is 18.4 Å². The largest absolute Gasteiger partial charge is 0.330 e. The number of unbranched alkanes of at least 4 members (excludes halogenated alkanes) is 1.